The van der Waals surface area contributed by atoms with E-state index in [0.29, 0.717) is 12.0 Å². The van der Waals surface area contributed by atoms with Gasteiger partial charge < -0.3 is 15.8 Å². The van der Waals surface area contributed by atoms with Crippen LogP contribution in [0.5, 0.6) is 0 Å². The molecule has 0 aromatic heterocycles. The van der Waals surface area contributed by atoms with Crippen LogP contribution in [0, 0.1) is 0 Å². The summed E-state index contributed by atoms with van der Waals surface area (Å²) in [5.74, 6) is 0.692. The van der Waals surface area contributed by atoms with E-state index in [0.717, 1.165) is 67.9 Å². The average Bonchev–Trinajstić information content (AvgIpc) is 3.17. The van der Waals surface area contributed by atoms with E-state index in [1.807, 2.05) is 44.4 Å². The van der Waals surface area contributed by atoms with E-state index < -0.39 is 0 Å². The second kappa shape index (κ2) is 14.2. The first-order chi connectivity index (χ1) is 17.4. The highest BCUT2D eigenvalue weighted by molar-refractivity contribution is 8.14. The molecule has 1 saturated heterocycles. The molecule has 6 nitrogen and oxygen atoms in total. The number of nitrogens with two attached hydrogens (primary N) is 1. The third kappa shape index (κ3) is 8.50. The molecule has 3 aliphatic rings. The number of morpholine rings is 1. The van der Waals surface area contributed by atoms with Gasteiger partial charge in [0.2, 0.25) is 0 Å². The van der Waals surface area contributed by atoms with E-state index in [4.69, 9.17) is 15.5 Å². The summed E-state index contributed by atoms with van der Waals surface area (Å²) in [7, 11) is 0. The van der Waals surface area contributed by atoms with Crippen molar-refractivity contribution < 1.29 is 9.53 Å². The van der Waals surface area contributed by atoms with Crippen LogP contribution in [0.25, 0.3) is 0 Å². The van der Waals surface area contributed by atoms with Crippen LogP contribution >= 0.6 is 11.8 Å². The Balaban J connectivity index is 1.55. The standard InChI is InChI=1S/C29H40N4O2S/c1-5-23(17-26(6-2)32-28(34)25-10-7-21(3)22(4)8-11-25)20-36-29-27(30)12-9-24(18-31-29)19-33-13-15-35-16-14-33/h5-7,10-12,18H,8-9,13-17,19-20,30H2,1-4H3,(H,32,34)/b23-5+,26-6+. The van der Waals surface area contributed by atoms with Gasteiger partial charge in [-0.1, -0.05) is 58.9 Å². The number of allylic oxidation sites excluding steroid dienone is 8. The highest BCUT2D eigenvalue weighted by Crippen LogP contribution is 2.23. The summed E-state index contributed by atoms with van der Waals surface area (Å²) in [5, 5.41) is 3.96. The van der Waals surface area contributed by atoms with Crippen LogP contribution in [-0.4, -0.2) is 54.5 Å². The van der Waals surface area contributed by atoms with Gasteiger partial charge in [0, 0.05) is 49.3 Å². The molecule has 0 spiro atoms. The monoisotopic (exact) mass is 508 g/mol. The fourth-order valence-corrected chi connectivity index (χ4v) is 4.94. The fourth-order valence-electron chi connectivity index (χ4n) is 3.97. The van der Waals surface area contributed by atoms with Crippen LogP contribution in [0.15, 0.2) is 86.9 Å². The predicted octanol–water partition coefficient (Wildman–Crippen LogP) is 5.16. The molecule has 2 heterocycles. The highest BCUT2D eigenvalue weighted by Gasteiger charge is 2.16. The Labute approximate surface area is 220 Å². The number of carbonyl (C=O) groups is 1. The minimum absolute atomic E-state index is 0.0665. The molecule has 1 aliphatic carbocycles. The number of hydrogen-bond acceptors (Lipinski definition) is 6. The third-order valence-corrected chi connectivity index (χ3v) is 7.77. The van der Waals surface area contributed by atoms with Gasteiger partial charge in [0.25, 0.3) is 5.91 Å². The SMILES string of the molecule is C/C=C(/CSC1=NC=C(CN2CCOCC2)CC=C1N)C/C(=C\C)NC(=O)C1=CCC(C)=C(C)C=C1. The summed E-state index contributed by atoms with van der Waals surface area (Å²) < 4.78 is 5.45. The van der Waals surface area contributed by atoms with Gasteiger partial charge in [-0.2, -0.15) is 0 Å². The van der Waals surface area contributed by atoms with Crippen molar-refractivity contribution in [3.05, 3.63) is 81.9 Å². The van der Waals surface area contributed by atoms with Gasteiger partial charge in [-0.3, -0.25) is 9.69 Å². The predicted molar refractivity (Wildman–Crippen MR) is 153 cm³/mol. The second-order valence-corrected chi connectivity index (χ2v) is 10.3. The van der Waals surface area contributed by atoms with Crippen molar-refractivity contribution in [2.24, 2.45) is 10.7 Å². The lowest BCUT2D eigenvalue weighted by Gasteiger charge is -2.27. The van der Waals surface area contributed by atoms with E-state index in [1.54, 1.807) is 11.8 Å². The number of aliphatic imine (C=N–C) groups is 1. The van der Waals surface area contributed by atoms with Crippen molar-refractivity contribution in [3.8, 4) is 0 Å². The molecular weight excluding hydrogens is 468 g/mol. The highest BCUT2D eigenvalue weighted by atomic mass is 32.2. The Kier molecular flexibility index (Phi) is 11.0. The van der Waals surface area contributed by atoms with Crippen molar-refractivity contribution in [1.29, 1.82) is 0 Å². The van der Waals surface area contributed by atoms with Crippen molar-refractivity contribution >= 4 is 22.7 Å². The minimum atomic E-state index is -0.0665. The maximum absolute atomic E-state index is 12.9. The molecule has 3 N–H and O–H groups in total. The normalized spacial score (nSPS) is 20.2. The minimum Gasteiger partial charge on any atom is -0.397 e. The third-order valence-electron chi connectivity index (χ3n) is 6.64. The molecule has 2 aliphatic heterocycles. The lowest BCUT2D eigenvalue weighted by atomic mass is 10.1. The molecule has 0 bridgehead atoms. The molecule has 0 aromatic carbocycles. The first-order valence-corrected chi connectivity index (χ1v) is 13.7. The molecule has 1 amide bonds. The summed E-state index contributed by atoms with van der Waals surface area (Å²) in [6, 6.07) is 0. The topological polar surface area (TPSA) is 79.9 Å². The van der Waals surface area contributed by atoms with Crippen molar-refractivity contribution in [2.45, 2.75) is 47.0 Å². The molecule has 0 radical (unpaired) electrons. The molecule has 0 saturated carbocycles. The zero-order valence-electron chi connectivity index (χ0n) is 22.1. The quantitative estimate of drug-likeness (QED) is 0.443. The number of nitrogens with one attached hydrogen (secondary N) is 1. The smallest absolute Gasteiger partial charge is 0.255 e. The van der Waals surface area contributed by atoms with Crippen molar-refractivity contribution in [1.82, 2.24) is 10.2 Å². The number of rotatable bonds is 8. The van der Waals surface area contributed by atoms with Crippen LogP contribution in [0.1, 0.15) is 47.0 Å². The zero-order chi connectivity index (χ0) is 25.9. The zero-order valence-corrected chi connectivity index (χ0v) is 22.9. The van der Waals surface area contributed by atoms with Gasteiger partial charge in [-0.25, -0.2) is 4.99 Å². The Morgan fingerprint density at radius 3 is 2.67 bits per heavy atom. The summed E-state index contributed by atoms with van der Waals surface area (Å²) in [4.78, 5) is 20.0. The van der Waals surface area contributed by atoms with Gasteiger partial charge in [0.05, 0.1) is 18.9 Å². The van der Waals surface area contributed by atoms with Crippen LogP contribution in [0.4, 0.5) is 0 Å². The first-order valence-electron chi connectivity index (χ1n) is 12.7. The van der Waals surface area contributed by atoms with Gasteiger partial charge in [-0.15, -0.1) is 0 Å². The summed E-state index contributed by atoms with van der Waals surface area (Å²) in [5.41, 5.74) is 13.7. The Bertz CT molecular complexity index is 1070. The van der Waals surface area contributed by atoms with E-state index in [9.17, 15) is 4.79 Å². The lowest BCUT2D eigenvalue weighted by molar-refractivity contribution is -0.116. The Morgan fingerprint density at radius 1 is 1.17 bits per heavy atom. The molecule has 0 unspecified atom stereocenters. The van der Waals surface area contributed by atoms with Crippen LogP contribution in [-0.2, 0) is 9.53 Å². The van der Waals surface area contributed by atoms with E-state index in [-0.39, 0.29) is 5.91 Å². The average molecular weight is 509 g/mol. The molecular formula is C29H40N4O2S. The Hall–Kier alpha value is -2.61. The van der Waals surface area contributed by atoms with E-state index >= 15 is 0 Å². The summed E-state index contributed by atoms with van der Waals surface area (Å²) >= 11 is 1.64. The fraction of sp³-hybridized carbons (Fsp3) is 0.448. The number of nitrogens with zero attached hydrogens (tertiary/aromatic N) is 2. The lowest BCUT2D eigenvalue weighted by Crippen LogP contribution is -2.37. The molecule has 3 rings (SSSR count). The number of thioether (sulfide) groups is 1. The summed E-state index contributed by atoms with van der Waals surface area (Å²) in [6.45, 7) is 12.6. The maximum atomic E-state index is 12.9. The number of hydrogen-bond donors (Lipinski definition) is 2. The largest absolute Gasteiger partial charge is 0.397 e. The van der Waals surface area contributed by atoms with Gasteiger partial charge >= 0.3 is 0 Å². The second-order valence-electron chi connectivity index (χ2n) is 9.31. The molecule has 194 valence electrons. The Morgan fingerprint density at radius 2 is 1.94 bits per heavy atom. The maximum Gasteiger partial charge on any atom is 0.255 e. The molecule has 7 heteroatoms. The number of ether oxygens (including phenoxy) is 1. The van der Waals surface area contributed by atoms with E-state index in [1.165, 1.54) is 22.3 Å². The molecule has 0 atom stereocenters. The van der Waals surface area contributed by atoms with Crippen LogP contribution in [0.2, 0.25) is 0 Å². The van der Waals surface area contributed by atoms with E-state index in [2.05, 4.69) is 36.2 Å². The first kappa shape index (κ1) is 28.0. The van der Waals surface area contributed by atoms with Gasteiger partial charge in [0.15, 0.2) is 0 Å². The summed E-state index contributed by atoms with van der Waals surface area (Å²) in [6.07, 6.45) is 16.3. The van der Waals surface area contributed by atoms with Crippen molar-refractivity contribution in [3.63, 3.8) is 0 Å². The van der Waals surface area contributed by atoms with Crippen LogP contribution in [0.3, 0.4) is 0 Å². The van der Waals surface area contributed by atoms with Gasteiger partial charge in [-0.05, 0) is 52.2 Å². The van der Waals surface area contributed by atoms with Crippen molar-refractivity contribution in [2.75, 3.05) is 38.6 Å². The molecule has 0 aromatic rings. The number of carbonyl (C=O) groups excluding carboxylic acids is 1. The number of amides is 1. The van der Waals surface area contributed by atoms with Crippen LogP contribution < -0.4 is 11.1 Å². The molecule has 1 fully saturated rings. The molecule has 36 heavy (non-hydrogen) atoms. The van der Waals surface area contributed by atoms with Gasteiger partial charge in [0.1, 0.15) is 5.04 Å².